The van der Waals surface area contributed by atoms with Gasteiger partial charge in [0.05, 0.1) is 12.6 Å². The first-order chi connectivity index (χ1) is 13.1. The Kier molecular flexibility index (Phi) is 5.44. The summed E-state index contributed by atoms with van der Waals surface area (Å²) in [6.07, 6.45) is -0.306. The molecule has 0 radical (unpaired) electrons. The fourth-order valence-corrected chi connectivity index (χ4v) is 3.38. The summed E-state index contributed by atoms with van der Waals surface area (Å²) in [6, 6.07) is 0.801. The normalized spacial score (nSPS) is 20.3. The van der Waals surface area contributed by atoms with Gasteiger partial charge in [-0.15, -0.1) is 0 Å². The predicted molar refractivity (Wildman–Crippen MR) is 101 cm³/mol. The van der Waals surface area contributed by atoms with E-state index >= 15 is 4.39 Å². The monoisotopic (exact) mass is 412 g/mol. The number of nitrogens with two attached hydrogens (primary N) is 1. The molecule has 1 saturated heterocycles. The van der Waals surface area contributed by atoms with Crippen LogP contribution >= 0.6 is 11.6 Å². The van der Waals surface area contributed by atoms with Gasteiger partial charge in [0.2, 0.25) is 5.28 Å². The Hall–Kier alpha value is -2.46. The zero-order chi connectivity index (χ0) is 20.6. The SMILES string of the molecule is CC(C)(C)OC(=O)N1CC[C@@H](n2c(C(=O)NN)cc3cnc(Cl)nc32)[C@@H](F)C1. The fraction of sp³-hybridized carbons (Fsp3) is 0.529. The number of hydrazine groups is 1. The molecule has 0 bridgehead atoms. The van der Waals surface area contributed by atoms with Crippen molar-refractivity contribution in [3.05, 3.63) is 23.2 Å². The summed E-state index contributed by atoms with van der Waals surface area (Å²) in [5.74, 6) is 4.68. The number of nitrogens with one attached hydrogen (secondary N) is 1. The molecule has 152 valence electrons. The van der Waals surface area contributed by atoms with Crippen molar-refractivity contribution in [3.8, 4) is 0 Å². The van der Waals surface area contributed by atoms with Crippen LogP contribution < -0.4 is 11.3 Å². The summed E-state index contributed by atoms with van der Waals surface area (Å²) in [7, 11) is 0. The lowest BCUT2D eigenvalue weighted by atomic mass is 10.0. The first-order valence-corrected chi connectivity index (χ1v) is 9.15. The van der Waals surface area contributed by atoms with Crippen molar-refractivity contribution in [2.24, 2.45) is 5.84 Å². The van der Waals surface area contributed by atoms with Gasteiger partial charge in [-0.1, -0.05) is 0 Å². The van der Waals surface area contributed by atoms with Crippen LogP contribution in [0.3, 0.4) is 0 Å². The second kappa shape index (κ2) is 7.51. The van der Waals surface area contributed by atoms with Crippen molar-refractivity contribution in [2.45, 2.75) is 45.0 Å². The number of fused-ring (bicyclic) bond motifs is 1. The molecular formula is C17H22ClFN6O3. The van der Waals surface area contributed by atoms with Crippen molar-refractivity contribution in [3.63, 3.8) is 0 Å². The van der Waals surface area contributed by atoms with E-state index in [0.29, 0.717) is 11.0 Å². The predicted octanol–water partition coefficient (Wildman–Crippen LogP) is 2.21. The van der Waals surface area contributed by atoms with Gasteiger partial charge in [-0.05, 0) is 44.9 Å². The molecule has 11 heteroatoms. The van der Waals surface area contributed by atoms with Crippen LogP contribution in [0.15, 0.2) is 12.3 Å². The molecule has 0 unspecified atom stereocenters. The topological polar surface area (TPSA) is 115 Å². The van der Waals surface area contributed by atoms with E-state index in [0.717, 1.165) is 0 Å². The van der Waals surface area contributed by atoms with E-state index in [9.17, 15) is 9.59 Å². The van der Waals surface area contributed by atoms with Crippen LogP contribution in [0.25, 0.3) is 11.0 Å². The van der Waals surface area contributed by atoms with Crippen molar-refractivity contribution in [1.29, 1.82) is 0 Å². The molecule has 0 aromatic carbocycles. The van der Waals surface area contributed by atoms with Gasteiger partial charge >= 0.3 is 6.09 Å². The highest BCUT2D eigenvalue weighted by atomic mass is 35.5. The zero-order valence-corrected chi connectivity index (χ0v) is 16.5. The smallest absolute Gasteiger partial charge is 0.410 e. The van der Waals surface area contributed by atoms with Gasteiger partial charge in [-0.3, -0.25) is 10.2 Å². The lowest BCUT2D eigenvalue weighted by Gasteiger charge is -2.36. The fourth-order valence-electron chi connectivity index (χ4n) is 3.25. The third kappa shape index (κ3) is 4.02. The number of nitrogens with zero attached hydrogens (tertiary/aromatic N) is 4. The first-order valence-electron chi connectivity index (χ1n) is 8.77. The molecule has 28 heavy (non-hydrogen) atoms. The van der Waals surface area contributed by atoms with Crippen LogP contribution in [0.1, 0.15) is 43.7 Å². The maximum Gasteiger partial charge on any atom is 0.410 e. The number of aromatic nitrogens is 3. The third-order valence-electron chi connectivity index (χ3n) is 4.40. The van der Waals surface area contributed by atoms with Gasteiger partial charge in [-0.25, -0.2) is 20.0 Å². The minimum Gasteiger partial charge on any atom is -0.444 e. The molecule has 2 atom stereocenters. The number of ether oxygens (including phenoxy) is 1. The summed E-state index contributed by atoms with van der Waals surface area (Å²) >= 11 is 5.89. The highest BCUT2D eigenvalue weighted by molar-refractivity contribution is 6.28. The Morgan fingerprint density at radius 1 is 1.43 bits per heavy atom. The standard InChI is InChI=1S/C17H22ClFN6O3/c1-17(2,3)28-16(27)24-5-4-11(10(19)8-24)25-12(14(26)23-20)6-9-7-21-15(18)22-13(9)25/h6-7,10-11H,4-5,8,20H2,1-3H3,(H,23,26)/t10-,11+/m0/s1. The average molecular weight is 413 g/mol. The van der Waals surface area contributed by atoms with Crippen LogP contribution in [0, 0.1) is 0 Å². The largest absolute Gasteiger partial charge is 0.444 e. The number of carbonyl (C=O) groups is 2. The number of alkyl halides is 1. The number of halogens is 2. The number of carbonyl (C=O) groups excluding carboxylic acids is 2. The molecule has 0 aliphatic carbocycles. The van der Waals surface area contributed by atoms with Gasteiger partial charge in [-0.2, -0.15) is 4.98 Å². The molecule has 0 saturated carbocycles. The quantitative estimate of drug-likeness (QED) is 0.338. The van der Waals surface area contributed by atoms with Crippen LogP contribution in [0.5, 0.6) is 0 Å². The minimum atomic E-state index is -1.45. The number of nitrogen functional groups attached to an aromatic ring is 1. The molecular weight excluding hydrogens is 391 g/mol. The van der Waals surface area contributed by atoms with Crippen molar-refractivity contribution in [1.82, 2.24) is 24.9 Å². The van der Waals surface area contributed by atoms with Gasteiger partial charge in [0, 0.05) is 18.1 Å². The van der Waals surface area contributed by atoms with Gasteiger partial charge in [0.25, 0.3) is 5.91 Å². The van der Waals surface area contributed by atoms with Crippen LogP contribution in [0.4, 0.5) is 9.18 Å². The molecule has 1 aliphatic heterocycles. The molecule has 2 aromatic rings. The second-order valence-electron chi connectivity index (χ2n) is 7.59. The van der Waals surface area contributed by atoms with E-state index in [1.807, 2.05) is 0 Å². The van der Waals surface area contributed by atoms with Crippen LogP contribution in [0.2, 0.25) is 5.28 Å². The highest BCUT2D eigenvalue weighted by Gasteiger charge is 2.37. The Labute approximate surface area is 166 Å². The molecule has 0 spiro atoms. The Balaban J connectivity index is 1.92. The van der Waals surface area contributed by atoms with E-state index in [-0.39, 0.29) is 30.5 Å². The van der Waals surface area contributed by atoms with Crippen molar-refractivity contribution >= 4 is 34.6 Å². The van der Waals surface area contributed by atoms with E-state index in [1.165, 1.54) is 21.7 Å². The molecule has 2 amide bonds. The lowest BCUT2D eigenvalue weighted by Crippen LogP contribution is -2.48. The number of hydrogen-bond donors (Lipinski definition) is 2. The minimum absolute atomic E-state index is 0.0202. The van der Waals surface area contributed by atoms with Gasteiger partial charge in [0.15, 0.2) is 0 Å². The number of amides is 2. The van der Waals surface area contributed by atoms with Crippen LogP contribution in [-0.2, 0) is 4.74 Å². The molecule has 1 fully saturated rings. The van der Waals surface area contributed by atoms with E-state index in [4.69, 9.17) is 22.2 Å². The summed E-state index contributed by atoms with van der Waals surface area (Å²) in [5.41, 5.74) is 1.86. The summed E-state index contributed by atoms with van der Waals surface area (Å²) < 4.78 is 21.9. The number of rotatable bonds is 2. The summed E-state index contributed by atoms with van der Waals surface area (Å²) in [6.45, 7) is 5.34. The maximum absolute atomic E-state index is 15.1. The van der Waals surface area contributed by atoms with E-state index in [2.05, 4.69) is 15.4 Å². The third-order valence-corrected chi connectivity index (χ3v) is 4.58. The lowest BCUT2D eigenvalue weighted by molar-refractivity contribution is 0.00682. The average Bonchev–Trinajstić information content (AvgIpc) is 2.98. The van der Waals surface area contributed by atoms with E-state index in [1.54, 1.807) is 20.8 Å². The molecule has 3 rings (SSSR count). The molecule has 9 nitrogen and oxygen atoms in total. The molecule has 3 heterocycles. The Bertz CT molecular complexity index is 912. The Morgan fingerprint density at radius 2 is 2.14 bits per heavy atom. The number of piperidine rings is 1. The summed E-state index contributed by atoms with van der Waals surface area (Å²) in [5, 5.41) is 0.512. The highest BCUT2D eigenvalue weighted by Crippen LogP contribution is 2.32. The van der Waals surface area contributed by atoms with E-state index < -0.39 is 29.8 Å². The molecule has 1 aliphatic rings. The van der Waals surface area contributed by atoms with Crippen molar-refractivity contribution in [2.75, 3.05) is 13.1 Å². The molecule has 2 aromatic heterocycles. The number of likely N-dealkylation sites (tertiary alicyclic amines) is 1. The van der Waals surface area contributed by atoms with Crippen molar-refractivity contribution < 1.29 is 18.7 Å². The summed E-state index contributed by atoms with van der Waals surface area (Å²) in [4.78, 5) is 33.8. The molecule has 3 N–H and O–H groups in total. The van der Waals surface area contributed by atoms with Gasteiger partial charge < -0.3 is 14.2 Å². The Morgan fingerprint density at radius 3 is 2.75 bits per heavy atom. The zero-order valence-electron chi connectivity index (χ0n) is 15.8. The number of hydrogen-bond acceptors (Lipinski definition) is 6. The second-order valence-corrected chi connectivity index (χ2v) is 7.93. The van der Waals surface area contributed by atoms with Gasteiger partial charge in [0.1, 0.15) is 23.1 Å². The van der Waals surface area contributed by atoms with Crippen LogP contribution in [-0.4, -0.2) is 56.3 Å². The maximum atomic E-state index is 15.1. The first kappa shape index (κ1) is 20.3.